The summed E-state index contributed by atoms with van der Waals surface area (Å²) in [6, 6.07) is 4.47. The van der Waals surface area contributed by atoms with Crippen LogP contribution in [0.4, 0.5) is 5.69 Å². The van der Waals surface area contributed by atoms with Crippen LogP contribution in [0.1, 0.15) is 20.8 Å². The highest BCUT2D eigenvalue weighted by Crippen LogP contribution is 2.30. The van der Waals surface area contributed by atoms with E-state index in [-0.39, 0.29) is 22.6 Å². The molecule has 0 aliphatic carbocycles. The Morgan fingerprint density at radius 2 is 2.10 bits per heavy atom. The molecule has 5 nitrogen and oxygen atoms in total. The standard InChI is InChI=1S/C13H19ClN2O3S/c1-9-7-16(8-13(2,3)19-9)20(17,18)12-6-10(15)4-5-11(12)14/h4-6,9H,7-8,15H2,1-3H3. The van der Waals surface area contributed by atoms with Crippen LogP contribution in [0.25, 0.3) is 0 Å². The number of hydrogen-bond acceptors (Lipinski definition) is 4. The summed E-state index contributed by atoms with van der Waals surface area (Å²) in [6.45, 7) is 6.17. The molecule has 1 heterocycles. The van der Waals surface area contributed by atoms with Gasteiger partial charge in [-0.05, 0) is 39.0 Å². The van der Waals surface area contributed by atoms with Crippen LogP contribution in [0.3, 0.4) is 0 Å². The Hall–Kier alpha value is -0.820. The number of nitrogens with two attached hydrogens (primary N) is 1. The number of nitrogen functional groups attached to an aromatic ring is 1. The average Bonchev–Trinajstić information content (AvgIpc) is 2.29. The van der Waals surface area contributed by atoms with Gasteiger partial charge in [0.1, 0.15) is 4.90 Å². The molecule has 20 heavy (non-hydrogen) atoms. The van der Waals surface area contributed by atoms with Crippen molar-refractivity contribution >= 4 is 27.3 Å². The molecule has 1 atom stereocenters. The van der Waals surface area contributed by atoms with Gasteiger partial charge in [-0.2, -0.15) is 4.31 Å². The number of nitrogens with zero attached hydrogens (tertiary/aromatic N) is 1. The van der Waals surface area contributed by atoms with E-state index >= 15 is 0 Å². The lowest BCUT2D eigenvalue weighted by Gasteiger charge is -2.40. The normalized spacial score (nSPS) is 23.7. The second-order valence-electron chi connectivity index (χ2n) is 5.68. The topological polar surface area (TPSA) is 72.6 Å². The van der Waals surface area contributed by atoms with Crippen LogP contribution in [0.2, 0.25) is 5.02 Å². The van der Waals surface area contributed by atoms with E-state index in [4.69, 9.17) is 22.1 Å². The third-order valence-corrected chi connectivity index (χ3v) is 5.40. The predicted molar refractivity (Wildman–Crippen MR) is 79.2 cm³/mol. The molecule has 0 radical (unpaired) electrons. The van der Waals surface area contributed by atoms with Gasteiger partial charge in [-0.25, -0.2) is 8.42 Å². The molecule has 0 saturated carbocycles. The van der Waals surface area contributed by atoms with Gasteiger partial charge in [0.25, 0.3) is 0 Å². The minimum absolute atomic E-state index is 0.0454. The third kappa shape index (κ3) is 3.09. The van der Waals surface area contributed by atoms with E-state index in [0.717, 1.165) is 0 Å². The van der Waals surface area contributed by atoms with E-state index in [1.165, 1.54) is 16.4 Å². The highest BCUT2D eigenvalue weighted by atomic mass is 35.5. The van der Waals surface area contributed by atoms with Gasteiger partial charge in [0, 0.05) is 18.8 Å². The van der Waals surface area contributed by atoms with Crippen LogP contribution in [-0.2, 0) is 14.8 Å². The number of anilines is 1. The Morgan fingerprint density at radius 1 is 1.45 bits per heavy atom. The van der Waals surface area contributed by atoms with E-state index < -0.39 is 15.6 Å². The molecule has 112 valence electrons. The molecule has 0 bridgehead atoms. The van der Waals surface area contributed by atoms with Crippen molar-refractivity contribution < 1.29 is 13.2 Å². The van der Waals surface area contributed by atoms with E-state index in [0.29, 0.717) is 12.2 Å². The minimum Gasteiger partial charge on any atom is -0.399 e. The SMILES string of the molecule is CC1CN(S(=O)(=O)c2cc(N)ccc2Cl)CC(C)(C)O1. The fourth-order valence-electron chi connectivity index (χ4n) is 2.44. The zero-order valence-electron chi connectivity index (χ0n) is 11.8. The Kier molecular flexibility index (Phi) is 4.03. The van der Waals surface area contributed by atoms with Gasteiger partial charge in [0.05, 0.1) is 16.7 Å². The molecule has 0 aromatic heterocycles. The Bertz CT molecular complexity index is 616. The van der Waals surface area contributed by atoms with Crippen molar-refractivity contribution in [1.29, 1.82) is 0 Å². The molecule has 7 heteroatoms. The van der Waals surface area contributed by atoms with Crippen LogP contribution < -0.4 is 5.73 Å². The predicted octanol–water partition coefficient (Wildman–Crippen LogP) is 2.11. The first kappa shape index (κ1) is 15.6. The minimum atomic E-state index is -3.68. The molecule has 1 aromatic rings. The fourth-order valence-corrected chi connectivity index (χ4v) is 4.61. The molecule has 1 aliphatic heterocycles. The van der Waals surface area contributed by atoms with Gasteiger partial charge in [-0.3, -0.25) is 0 Å². The van der Waals surface area contributed by atoms with Crippen molar-refractivity contribution in [3.8, 4) is 0 Å². The smallest absolute Gasteiger partial charge is 0.244 e. The van der Waals surface area contributed by atoms with Gasteiger partial charge in [-0.1, -0.05) is 11.6 Å². The average molecular weight is 319 g/mol. The van der Waals surface area contributed by atoms with Crippen LogP contribution in [-0.4, -0.2) is 37.5 Å². The van der Waals surface area contributed by atoms with Crippen molar-refractivity contribution in [2.24, 2.45) is 0 Å². The zero-order valence-corrected chi connectivity index (χ0v) is 13.3. The number of hydrogen-bond donors (Lipinski definition) is 1. The molecule has 1 aliphatic rings. The zero-order chi connectivity index (χ0) is 15.1. The second kappa shape index (κ2) is 5.18. The molecule has 0 amide bonds. The Balaban J connectivity index is 2.42. The summed E-state index contributed by atoms with van der Waals surface area (Å²) >= 11 is 6.01. The molecule has 0 spiro atoms. The quantitative estimate of drug-likeness (QED) is 0.848. The highest BCUT2D eigenvalue weighted by Gasteiger charge is 2.38. The number of benzene rings is 1. The van der Waals surface area contributed by atoms with Gasteiger partial charge in [0.2, 0.25) is 10.0 Å². The molecule has 1 saturated heterocycles. The Morgan fingerprint density at radius 3 is 2.70 bits per heavy atom. The van der Waals surface area contributed by atoms with Crippen molar-refractivity contribution in [1.82, 2.24) is 4.31 Å². The van der Waals surface area contributed by atoms with Crippen molar-refractivity contribution in [3.63, 3.8) is 0 Å². The van der Waals surface area contributed by atoms with E-state index in [2.05, 4.69) is 0 Å². The lowest BCUT2D eigenvalue weighted by Crippen LogP contribution is -2.53. The van der Waals surface area contributed by atoms with Gasteiger partial charge in [-0.15, -0.1) is 0 Å². The lowest BCUT2D eigenvalue weighted by molar-refractivity contribution is -0.109. The summed E-state index contributed by atoms with van der Waals surface area (Å²) in [5.41, 5.74) is 5.51. The molecular weight excluding hydrogens is 300 g/mol. The molecule has 2 rings (SSSR count). The number of halogens is 1. The number of morpholine rings is 1. The number of rotatable bonds is 2. The Labute approximate surface area is 124 Å². The number of ether oxygens (including phenoxy) is 1. The summed E-state index contributed by atoms with van der Waals surface area (Å²) in [5.74, 6) is 0. The summed E-state index contributed by atoms with van der Waals surface area (Å²) < 4.78 is 32.6. The van der Waals surface area contributed by atoms with Crippen LogP contribution in [0, 0.1) is 0 Å². The molecule has 1 aromatic carbocycles. The first-order chi connectivity index (χ1) is 9.12. The maximum absolute atomic E-state index is 12.7. The van der Waals surface area contributed by atoms with Crippen LogP contribution >= 0.6 is 11.6 Å². The largest absolute Gasteiger partial charge is 0.399 e. The van der Waals surface area contributed by atoms with Gasteiger partial charge in [0.15, 0.2) is 0 Å². The van der Waals surface area contributed by atoms with E-state index in [1.54, 1.807) is 6.07 Å². The summed E-state index contributed by atoms with van der Waals surface area (Å²) in [4.78, 5) is 0.0454. The van der Waals surface area contributed by atoms with Crippen molar-refractivity contribution in [2.75, 3.05) is 18.8 Å². The summed E-state index contributed by atoms with van der Waals surface area (Å²) in [7, 11) is -3.68. The lowest BCUT2D eigenvalue weighted by atomic mass is 10.1. The molecule has 1 unspecified atom stereocenters. The van der Waals surface area contributed by atoms with Crippen LogP contribution in [0.5, 0.6) is 0 Å². The molecule has 2 N–H and O–H groups in total. The summed E-state index contributed by atoms with van der Waals surface area (Å²) in [5, 5.41) is 0.177. The van der Waals surface area contributed by atoms with Crippen molar-refractivity contribution in [3.05, 3.63) is 23.2 Å². The fraction of sp³-hybridized carbons (Fsp3) is 0.538. The van der Waals surface area contributed by atoms with E-state index in [9.17, 15) is 8.42 Å². The monoisotopic (exact) mass is 318 g/mol. The second-order valence-corrected chi connectivity index (χ2v) is 7.99. The maximum atomic E-state index is 12.7. The first-order valence-electron chi connectivity index (χ1n) is 6.35. The first-order valence-corrected chi connectivity index (χ1v) is 8.17. The van der Waals surface area contributed by atoms with Crippen molar-refractivity contribution in [2.45, 2.75) is 37.4 Å². The number of sulfonamides is 1. The highest BCUT2D eigenvalue weighted by molar-refractivity contribution is 7.89. The molecular formula is C13H19ClN2O3S. The summed E-state index contributed by atoms with van der Waals surface area (Å²) in [6.07, 6.45) is -0.173. The molecule has 1 fully saturated rings. The van der Waals surface area contributed by atoms with E-state index in [1.807, 2.05) is 20.8 Å². The van der Waals surface area contributed by atoms with Gasteiger partial charge < -0.3 is 10.5 Å². The maximum Gasteiger partial charge on any atom is 0.244 e. The van der Waals surface area contributed by atoms with Crippen LogP contribution in [0.15, 0.2) is 23.1 Å². The third-order valence-electron chi connectivity index (χ3n) is 3.11. The van der Waals surface area contributed by atoms with Gasteiger partial charge >= 0.3 is 0 Å².